The predicted octanol–water partition coefficient (Wildman–Crippen LogP) is 3.80. The maximum Gasteiger partial charge on any atom is 0.155 e. The van der Waals surface area contributed by atoms with Crippen LogP contribution in [0.1, 0.15) is 11.3 Å². The van der Waals surface area contributed by atoms with Crippen molar-refractivity contribution >= 4 is 10.9 Å². The molecule has 0 radical (unpaired) electrons. The number of hydrogen-bond donors (Lipinski definition) is 1. The highest BCUT2D eigenvalue weighted by molar-refractivity contribution is 5.92. The molecule has 0 unspecified atom stereocenters. The molecule has 4 nitrogen and oxygen atoms in total. The summed E-state index contributed by atoms with van der Waals surface area (Å²) < 4.78 is 7.81. The molecule has 4 heteroatoms. The second-order valence-electron chi connectivity index (χ2n) is 5.48. The number of nitrogens with two attached hydrogens (primary N) is 1. The molecule has 0 aliphatic heterocycles. The Labute approximate surface area is 134 Å². The van der Waals surface area contributed by atoms with Crippen LogP contribution in [0.5, 0.6) is 0 Å². The van der Waals surface area contributed by atoms with Crippen LogP contribution in [0, 0.1) is 0 Å². The second-order valence-corrected chi connectivity index (χ2v) is 5.48. The first-order valence-electron chi connectivity index (χ1n) is 7.64. The topological polar surface area (TPSA) is 57.0 Å². The molecule has 2 aromatic carbocycles. The molecule has 2 N–H and O–H groups in total. The number of rotatable bonds is 4. The van der Waals surface area contributed by atoms with E-state index in [0.29, 0.717) is 6.54 Å². The summed E-state index contributed by atoms with van der Waals surface area (Å²) in [5.41, 5.74) is 8.81. The van der Waals surface area contributed by atoms with E-state index in [1.54, 1.807) is 0 Å². The maximum absolute atomic E-state index is 5.79. The van der Waals surface area contributed by atoms with Crippen LogP contribution in [0.4, 0.5) is 0 Å². The van der Waals surface area contributed by atoms with Gasteiger partial charge < -0.3 is 10.2 Å². The standard InChI is InChI=1S/C19H17N3O/c20-12-15-10-11-18(23-15)19-16-8-4-5-9-17(16)22(21-19)13-14-6-2-1-3-7-14/h1-11H,12-13,20H2. The average Bonchev–Trinajstić information content (AvgIpc) is 3.21. The Balaban J connectivity index is 1.83. The fourth-order valence-corrected chi connectivity index (χ4v) is 2.80. The first-order chi connectivity index (χ1) is 11.3. The largest absolute Gasteiger partial charge is 0.458 e. The molecule has 2 aromatic heterocycles. The molecule has 0 bridgehead atoms. The summed E-state index contributed by atoms with van der Waals surface area (Å²) in [7, 11) is 0. The molecule has 23 heavy (non-hydrogen) atoms. The number of furan rings is 1. The zero-order valence-electron chi connectivity index (χ0n) is 12.6. The van der Waals surface area contributed by atoms with Crippen molar-refractivity contribution in [3.05, 3.63) is 78.1 Å². The third kappa shape index (κ3) is 2.53. The fourth-order valence-electron chi connectivity index (χ4n) is 2.80. The first-order valence-corrected chi connectivity index (χ1v) is 7.64. The number of para-hydroxylation sites is 1. The second kappa shape index (κ2) is 5.74. The SMILES string of the molecule is NCc1ccc(-c2nn(Cc3ccccc3)c3ccccc23)o1. The van der Waals surface area contributed by atoms with Crippen molar-refractivity contribution < 1.29 is 4.42 Å². The van der Waals surface area contributed by atoms with Crippen LogP contribution < -0.4 is 5.73 Å². The molecule has 114 valence electrons. The van der Waals surface area contributed by atoms with E-state index in [-0.39, 0.29) is 0 Å². The molecular weight excluding hydrogens is 286 g/mol. The van der Waals surface area contributed by atoms with E-state index >= 15 is 0 Å². The van der Waals surface area contributed by atoms with Crippen molar-refractivity contribution in [3.63, 3.8) is 0 Å². The maximum atomic E-state index is 5.79. The van der Waals surface area contributed by atoms with E-state index in [4.69, 9.17) is 15.2 Å². The van der Waals surface area contributed by atoms with Crippen molar-refractivity contribution in [1.29, 1.82) is 0 Å². The van der Waals surface area contributed by atoms with Gasteiger partial charge in [-0.2, -0.15) is 5.10 Å². The minimum absolute atomic E-state index is 0.392. The summed E-state index contributed by atoms with van der Waals surface area (Å²) in [5, 5.41) is 5.87. The van der Waals surface area contributed by atoms with Crippen molar-refractivity contribution in [3.8, 4) is 11.5 Å². The number of aromatic nitrogens is 2. The fraction of sp³-hybridized carbons (Fsp3) is 0.105. The van der Waals surface area contributed by atoms with Gasteiger partial charge in [0, 0.05) is 5.39 Å². The van der Waals surface area contributed by atoms with E-state index in [1.807, 2.05) is 47.1 Å². The minimum Gasteiger partial charge on any atom is -0.458 e. The van der Waals surface area contributed by atoms with Gasteiger partial charge in [0.05, 0.1) is 18.6 Å². The van der Waals surface area contributed by atoms with Crippen LogP contribution in [-0.4, -0.2) is 9.78 Å². The van der Waals surface area contributed by atoms with Crippen LogP contribution in [0.2, 0.25) is 0 Å². The summed E-state index contributed by atoms with van der Waals surface area (Å²) in [6.07, 6.45) is 0. The van der Waals surface area contributed by atoms with E-state index in [0.717, 1.165) is 34.7 Å². The van der Waals surface area contributed by atoms with Gasteiger partial charge in [0.2, 0.25) is 0 Å². The highest BCUT2D eigenvalue weighted by atomic mass is 16.3. The summed E-state index contributed by atoms with van der Waals surface area (Å²) in [6.45, 7) is 1.12. The van der Waals surface area contributed by atoms with Crippen LogP contribution in [0.25, 0.3) is 22.4 Å². The molecule has 4 rings (SSSR count). The predicted molar refractivity (Wildman–Crippen MR) is 90.9 cm³/mol. The van der Waals surface area contributed by atoms with Crippen molar-refractivity contribution in [2.24, 2.45) is 5.73 Å². The van der Waals surface area contributed by atoms with E-state index < -0.39 is 0 Å². The lowest BCUT2D eigenvalue weighted by Crippen LogP contribution is -2.01. The van der Waals surface area contributed by atoms with Crippen molar-refractivity contribution in [2.45, 2.75) is 13.1 Å². The third-order valence-corrected chi connectivity index (χ3v) is 3.93. The highest BCUT2D eigenvalue weighted by Gasteiger charge is 2.15. The molecule has 0 fully saturated rings. The molecule has 0 saturated carbocycles. The zero-order valence-corrected chi connectivity index (χ0v) is 12.6. The Hall–Kier alpha value is -2.85. The van der Waals surface area contributed by atoms with Crippen LogP contribution in [0.15, 0.2) is 71.1 Å². The smallest absolute Gasteiger partial charge is 0.155 e. The lowest BCUT2D eigenvalue weighted by Gasteiger charge is -2.03. The van der Waals surface area contributed by atoms with Crippen LogP contribution >= 0.6 is 0 Å². The summed E-state index contributed by atoms with van der Waals surface area (Å²) in [6, 6.07) is 22.4. The molecular formula is C19H17N3O. The average molecular weight is 303 g/mol. The summed E-state index contributed by atoms with van der Waals surface area (Å²) >= 11 is 0. The Morgan fingerprint density at radius 1 is 0.913 bits per heavy atom. The molecule has 0 atom stereocenters. The first kappa shape index (κ1) is 13.8. The van der Waals surface area contributed by atoms with Gasteiger partial charge in [-0.25, -0.2) is 0 Å². The Morgan fingerprint density at radius 3 is 2.48 bits per heavy atom. The number of hydrogen-bond acceptors (Lipinski definition) is 3. The Bertz CT molecular complexity index is 938. The van der Waals surface area contributed by atoms with Crippen molar-refractivity contribution in [1.82, 2.24) is 9.78 Å². The lowest BCUT2D eigenvalue weighted by molar-refractivity contribution is 0.522. The number of fused-ring (bicyclic) bond motifs is 1. The molecule has 0 saturated heterocycles. The normalized spacial score (nSPS) is 11.2. The van der Waals surface area contributed by atoms with Gasteiger partial charge in [-0.3, -0.25) is 4.68 Å². The van der Waals surface area contributed by atoms with Gasteiger partial charge in [0.15, 0.2) is 5.76 Å². The molecule has 4 aromatic rings. The summed E-state index contributed by atoms with van der Waals surface area (Å²) in [4.78, 5) is 0. The molecule has 0 aliphatic rings. The molecule has 0 amide bonds. The van der Waals surface area contributed by atoms with Gasteiger partial charge in [0.1, 0.15) is 11.5 Å². The monoisotopic (exact) mass is 303 g/mol. The molecule has 2 heterocycles. The lowest BCUT2D eigenvalue weighted by atomic mass is 10.2. The number of benzene rings is 2. The molecule has 0 spiro atoms. The highest BCUT2D eigenvalue weighted by Crippen LogP contribution is 2.29. The molecule has 0 aliphatic carbocycles. The van der Waals surface area contributed by atoms with Gasteiger partial charge >= 0.3 is 0 Å². The minimum atomic E-state index is 0.392. The van der Waals surface area contributed by atoms with Gasteiger partial charge in [0.25, 0.3) is 0 Å². The van der Waals surface area contributed by atoms with E-state index in [1.165, 1.54) is 5.56 Å². The Kier molecular flexibility index (Phi) is 3.44. The van der Waals surface area contributed by atoms with Crippen LogP contribution in [0.3, 0.4) is 0 Å². The summed E-state index contributed by atoms with van der Waals surface area (Å²) in [5.74, 6) is 1.52. The Morgan fingerprint density at radius 2 is 1.70 bits per heavy atom. The van der Waals surface area contributed by atoms with Gasteiger partial charge in [-0.1, -0.05) is 48.5 Å². The van der Waals surface area contributed by atoms with E-state index in [9.17, 15) is 0 Å². The quantitative estimate of drug-likeness (QED) is 0.624. The third-order valence-electron chi connectivity index (χ3n) is 3.93. The number of nitrogens with zero attached hydrogens (tertiary/aromatic N) is 2. The van der Waals surface area contributed by atoms with E-state index in [2.05, 4.69) is 24.3 Å². The van der Waals surface area contributed by atoms with Crippen molar-refractivity contribution in [2.75, 3.05) is 0 Å². The van der Waals surface area contributed by atoms with Gasteiger partial charge in [-0.15, -0.1) is 0 Å². The van der Waals surface area contributed by atoms with Crippen LogP contribution in [-0.2, 0) is 13.1 Å². The van der Waals surface area contributed by atoms with Gasteiger partial charge in [-0.05, 0) is 23.8 Å². The zero-order chi connectivity index (χ0) is 15.6.